The van der Waals surface area contributed by atoms with Crippen molar-refractivity contribution < 1.29 is 9.90 Å². The number of phenolic OH excluding ortho intramolecular Hbond substituents is 1. The molecule has 1 amide bonds. The number of aromatic hydroxyl groups is 1. The van der Waals surface area contributed by atoms with Crippen LogP contribution in [0.1, 0.15) is 17.0 Å². The van der Waals surface area contributed by atoms with Crippen LogP contribution in [0.4, 0.5) is 5.69 Å². The van der Waals surface area contributed by atoms with Crippen molar-refractivity contribution in [1.82, 2.24) is 14.7 Å². The number of amides is 1. The Morgan fingerprint density at radius 1 is 1.03 bits per heavy atom. The average Bonchev–Trinajstić information content (AvgIpc) is 3.02. The number of aryl methyl sites for hydroxylation is 1. The molecule has 6 nitrogen and oxygen atoms in total. The first-order valence-corrected chi connectivity index (χ1v) is 10.9. The molecule has 1 fully saturated rings. The number of nitrogens with zero attached hydrogens (tertiary/aromatic N) is 4. The van der Waals surface area contributed by atoms with E-state index < -0.39 is 0 Å². The Morgan fingerprint density at radius 2 is 1.71 bits per heavy atom. The molecule has 0 atom stereocenters. The highest BCUT2D eigenvalue weighted by Gasteiger charge is 2.24. The lowest BCUT2D eigenvalue weighted by Crippen LogP contribution is -2.49. The number of aromatic nitrogens is 2. The smallest absolute Gasteiger partial charge is 0.227 e. The summed E-state index contributed by atoms with van der Waals surface area (Å²) in [6.07, 6.45) is 0.308. The number of phenols is 1. The predicted octanol–water partition coefficient (Wildman–Crippen LogP) is 4.39. The minimum absolute atomic E-state index is 0.0957. The van der Waals surface area contributed by atoms with Crippen LogP contribution in [0.15, 0.2) is 42.5 Å². The number of benzene rings is 2. The van der Waals surface area contributed by atoms with Crippen LogP contribution < -0.4 is 4.90 Å². The van der Waals surface area contributed by atoms with E-state index in [-0.39, 0.29) is 11.7 Å². The molecule has 1 saturated heterocycles. The summed E-state index contributed by atoms with van der Waals surface area (Å²) >= 11 is 12.4. The fourth-order valence-corrected chi connectivity index (χ4v) is 4.45. The Hall–Kier alpha value is -2.70. The van der Waals surface area contributed by atoms with Gasteiger partial charge in [0.1, 0.15) is 5.75 Å². The molecule has 0 radical (unpaired) electrons. The second kappa shape index (κ2) is 8.81. The fraction of sp³-hybridized carbons (Fsp3) is 0.304. The summed E-state index contributed by atoms with van der Waals surface area (Å²) in [6, 6.07) is 12.5. The quantitative estimate of drug-likeness (QED) is 0.629. The van der Waals surface area contributed by atoms with E-state index >= 15 is 0 Å². The van der Waals surface area contributed by atoms with Crippen LogP contribution in [0.2, 0.25) is 10.0 Å². The number of halogens is 2. The molecular formula is C23H24Cl2N4O2. The third-order valence-electron chi connectivity index (χ3n) is 5.75. The van der Waals surface area contributed by atoms with Crippen molar-refractivity contribution in [2.75, 3.05) is 31.1 Å². The summed E-state index contributed by atoms with van der Waals surface area (Å²) in [5.41, 5.74) is 4.44. The molecule has 8 heteroatoms. The van der Waals surface area contributed by atoms with E-state index in [1.54, 1.807) is 28.9 Å². The topological polar surface area (TPSA) is 61.6 Å². The van der Waals surface area contributed by atoms with Crippen LogP contribution in [-0.2, 0) is 11.2 Å². The van der Waals surface area contributed by atoms with E-state index in [1.165, 1.54) is 0 Å². The van der Waals surface area contributed by atoms with Gasteiger partial charge in [0.05, 0.1) is 22.8 Å². The van der Waals surface area contributed by atoms with Gasteiger partial charge in [-0.1, -0.05) is 23.2 Å². The lowest BCUT2D eigenvalue weighted by molar-refractivity contribution is -0.130. The van der Waals surface area contributed by atoms with Gasteiger partial charge in [0.15, 0.2) is 0 Å². The van der Waals surface area contributed by atoms with Gasteiger partial charge in [-0.3, -0.25) is 4.79 Å². The summed E-state index contributed by atoms with van der Waals surface area (Å²) < 4.78 is 1.78. The van der Waals surface area contributed by atoms with Crippen molar-refractivity contribution in [3.05, 3.63) is 69.5 Å². The van der Waals surface area contributed by atoms with Crippen molar-refractivity contribution in [2.45, 2.75) is 20.3 Å². The molecule has 3 aromatic rings. The zero-order valence-electron chi connectivity index (χ0n) is 17.5. The van der Waals surface area contributed by atoms with Crippen LogP contribution >= 0.6 is 23.2 Å². The third-order valence-corrected chi connectivity index (χ3v) is 6.29. The third kappa shape index (κ3) is 4.50. The van der Waals surface area contributed by atoms with Crippen LogP contribution in [0, 0.1) is 13.8 Å². The first-order chi connectivity index (χ1) is 14.8. The molecular weight excluding hydrogens is 435 g/mol. The van der Waals surface area contributed by atoms with Crippen molar-refractivity contribution in [3.63, 3.8) is 0 Å². The average molecular weight is 459 g/mol. The van der Waals surface area contributed by atoms with E-state index in [4.69, 9.17) is 23.2 Å². The Balaban J connectivity index is 1.44. The second-order valence-electron chi connectivity index (χ2n) is 7.72. The molecule has 1 N–H and O–H groups in total. The molecule has 162 valence electrons. The minimum atomic E-state index is 0.0957. The van der Waals surface area contributed by atoms with Crippen molar-refractivity contribution in [3.8, 4) is 11.4 Å². The van der Waals surface area contributed by atoms with Gasteiger partial charge in [-0.25, -0.2) is 4.68 Å². The van der Waals surface area contributed by atoms with Crippen molar-refractivity contribution >= 4 is 34.8 Å². The minimum Gasteiger partial charge on any atom is -0.508 e. The molecule has 1 aliphatic rings. The molecule has 1 aromatic heterocycles. The van der Waals surface area contributed by atoms with Crippen LogP contribution in [-0.4, -0.2) is 51.9 Å². The van der Waals surface area contributed by atoms with Gasteiger partial charge in [-0.05, 0) is 56.3 Å². The zero-order chi connectivity index (χ0) is 22.1. The number of anilines is 1. The number of carbonyl (C=O) groups is 1. The molecule has 0 unspecified atom stereocenters. The van der Waals surface area contributed by atoms with Crippen LogP contribution in [0.3, 0.4) is 0 Å². The summed E-state index contributed by atoms with van der Waals surface area (Å²) in [5, 5.41) is 15.2. The Bertz CT molecular complexity index is 1100. The number of piperazine rings is 1. The Morgan fingerprint density at radius 3 is 2.35 bits per heavy atom. The SMILES string of the molecule is Cc1nn(-c2ccc(Cl)cc2Cl)c(C)c1CC(=O)N1CCN(c2ccc(O)cc2)CC1. The normalized spacial score (nSPS) is 14.2. The molecule has 31 heavy (non-hydrogen) atoms. The van der Waals surface area contributed by atoms with E-state index in [0.717, 1.165) is 41.4 Å². The largest absolute Gasteiger partial charge is 0.508 e. The van der Waals surface area contributed by atoms with Crippen LogP contribution in [0.5, 0.6) is 5.75 Å². The Kier molecular flexibility index (Phi) is 6.12. The fourth-order valence-electron chi connectivity index (χ4n) is 3.96. The van der Waals surface area contributed by atoms with Gasteiger partial charge in [-0.2, -0.15) is 5.10 Å². The van der Waals surface area contributed by atoms with E-state index in [2.05, 4.69) is 10.00 Å². The molecule has 1 aliphatic heterocycles. The van der Waals surface area contributed by atoms with E-state index in [1.807, 2.05) is 36.9 Å². The molecule has 0 saturated carbocycles. The molecule has 2 aromatic carbocycles. The van der Waals surface area contributed by atoms with Crippen LogP contribution in [0.25, 0.3) is 5.69 Å². The lowest BCUT2D eigenvalue weighted by atomic mass is 10.1. The summed E-state index contributed by atoms with van der Waals surface area (Å²) in [6.45, 7) is 6.71. The number of rotatable bonds is 4. The maximum Gasteiger partial charge on any atom is 0.227 e. The van der Waals surface area contributed by atoms with E-state index in [9.17, 15) is 9.90 Å². The maximum absolute atomic E-state index is 13.0. The zero-order valence-corrected chi connectivity index (χ0v) is 19.0. The van der Waals surface area contributed by atoms with Gasteiger partial charge in [-0.15, -0.1) is 0 Å². The van der Waals surface area contributed by atoms with Gasteiger partial charge in [0, 0.05) is 48.1 Å². The number of hydrogen-bond donors (Lipinski definition) is 1. The molecule has 0 aliphatic carbocycles. The highest BCUT2D eigenvalue weighted by molar-refractivity contribution is 6.35. The number of carbonyl (C=O) groups excluding carboxylic acids is 1. The lowest BCUT2D eigenvalue weighted by Gasteiger charge is -2.36. The van der Waals surface area contributed by atoms with E-state index in [0.29, 0.717) is 29.6 Å². The van der Waals surface area contributed by atoms with Crippen molar-refractivity contribution in [1.29, 1.82) is 0 Å². The standard InChI is InChI=1S/C23H24Cl2N4O2/c1-15-20(16(2)29(26-15)22-8-3-17(24)13-21(22)25)14-23(31)28-11-9-27(10-12-28)18-4-6-19(30)7-5-18/h3-8,13,30H,9-12,14H2,1-2H3. The molecule has 2 heterocycles. The molecule has 4 rings (SSSR count). The molecule has 0 bridgehead atoms. The van der Waals surface area contributed by atoms with Gasteiger partial charge in [0.2, 0.25) is 5.91 Å². The first-order valence-electron chi connectivity index (χ1n) is 10.2. The summed E-state index contributed by atoms with van der Waals surface area (Å²) in [7, 11) is 0. The molecule has 0 spiro atoms. The highest BCUT2D eigenvalue weighted by atomic mass is 35.5. The first kappa shape index (κ1) is 21.5. The predicted molar refractivity (Wildman–Crippen MR) is 124 cm³/mol. The van der Waals surface area contributed by atoms with Crippen molar-refractivity contribution in [2.24, 2.45) is 0 Å². The monoisotopic (exact) mass is 458 g/mol. The summed E-state index contributed by atoms with van der Waals surface area (Å²) in [5.74, 6) is 0.349. The van der Waals surface area contributed by atoms with Gasteiger partial charge < -0.3 is 14.9 Å². The second-order valence-corrected chi connectivity index (χ2v) is 8.56. The number of hydrogen-bond acceptors (Lipinski definition) is 4. The highest BCUT2D eigenvalue weighted by Crippen LogP contribution is 2.27. The Labute approximate surface area is 191 Å². The van der Waals surface area contributed by atoms with Gasteiger partial charge in [0.25, 0.3) is 0 Å². The van der Waals surface area contributed by atoms with Gasteiger partial charge >= 0.3 is 0 Å². The maximum atomic E-state index is 13.0. The summed E-state index contributed by atoms with van der Waals surface area (Å²) in [4.78, 5) is 17.1.